The number of ketones is 1. The maximum Gasteiger partial charge on any atom is 0.290 e. The number of hydrogen-bond donors (Lipinski definition) is 3. The van der Waals surface area contributed by atoms with E-state index in [2.05, 4.69) is 5.32 Å². The number of carbonyl (C=O) groups excluding carboxylic acids is 4. The fraction of sp³-hybridized carbons (Fsp3) is 0.357. The molecule has 4 rings (SSSR count). The minimum absolute atomic E-state index is 0.0520. The predicted octanol–water partition coefficient (Wildman–Crippen LogP) is 2.45. The molecule has 0 bridgehead atoms. The normalized spacial score (nSPS) is 20.9. The minimum Gasteiger partial charge on any atom is -0.493 e. The van der Waals surface area contributed by atoms with E-state index in [1.165, 1.54) is 32.2 Å². The number of aldehydes is 1. The Morgan fingerprint density at radius 2 is 1.95 bits per heavy atom. The molecule has 1 aliphatic carbocycles. The molecule has 10 nitrogen and oxygen atoms in total. The number of carbonyl (C=O) groups is 4. The van der Waals surface area contributed by atoms with E-state index in [-0.39, 0.29) is 53.8 Å². The molecule has 4 atom stereocenters. The molecule has 0 saturated carbocycles. The largest absolute Gasteiger partial charge is 0.493 e. The van der Waals surface area contributed by atoms with Crippen molar-refractivity contribution in [1.29, 1.82) is 0 Å². The van der Waals surface area contributed by atoms with Gasteiger partial charge in [-0.2, -0.15) is 0 Å². The highest BCUT2D eigenvalue weighted by Gasteiger charge is 2.51. The quantitative estimate of drug-likeness (QED) is 0.283. The highest BCUT2D eigenvalue weighted by molar-refractivity contribution is 6.36. The van der Waals surface area contributed by atoms with Crippen LogP contribution >= 0.6 is 23.2 Å². The van der Waals surface area contributed by atoms with Crippen molar-refractivity contribution >= 4 is 47.1 Å². The molecule has 12 heteroatoms. The molecule has 2 aromatic rings. The number of aliphatic hydroxyl groups is 2. The van der Waals surface area contributed by atoms with Gasteiger partial charge in [0.05, 0.1) is 25.7 Å². The topological polar surface area (TPSA) is 142 Å². The molecule has 1 aliphatic heterocycles. The van der Waals surface area contributed by atoms with E-state index < -0.39 is 41.8 Å². The average Bonchev–Trinajstić information content (AvgIpc) is 3.34. The first-order valence-electron chi connectivity index (χ1n) is 12.5. The highest BCUT2D eigenvalue weighted by Crippen LogP contribution is 2.51. The summed E-state index contributed by atoms with van der Waals surface area (Å²) in [6.07, 6.45) is -0.527. The summed E-state index contributed by atoms with van der Waals surface area (Å²) in [5.74, 6) is -2.52. The molecule has 2 amide bonds. The van der Waals surface area contributed by atoms with Crippen molar-refractivity contribution in [2.45, 2.75) is 44.1 Å². The van der Waals surface area contributed by atoms with Gasteiger partial charge in [0, 0.05) is 46.3 Å². The summed E-state index contributed by atoms with van der Waals surface area (Å²) in [5.41, 5.74) is 1.30. The van der Waals surface area contributed by atoms with Crippen LogP contribution in [0.4, 0.5) is 0 Å². The number of Topliss-reactive ketones (excluding diaryl/α,β-unsaturated/α-hetero) is 1. The van der Waals surface area contributed by atoms with Gasteiger partial charge in [-0.05, 0) is 35.9 Å². The van der Waals surface area contributed by atoms with Crippen molar-refractivity contribution < 1.29 is 38.9 Å². The Kier molecular flexibility index (Phi) is 9.15. The predicted molar refractivity (Wildman–Crippen MR) is 146 cm³/mol. The SMILES string of the molecule is CCC(=O)C(=O)N(Cc1ccc(Cl)cc1Cl)[C@@H]1C=C(C(=O)NCCO)[C@@H]2c3cc(C=O)cc(OC)c3O[C@@H]2[C@H]1O. The van der Waals surface area contributed by atoms with Crippen molar-refractivity contribution in [2.75, 3.05) is 20.3 Å². The summed E-state index contributed by atoms with van der Waals surface area (Å²) in [6, 6.07) is 6.51. The van der Waals surface area contributed by atoms with Gasteiger partial charge in [0.2, 0.25) is 11.7 Å². The summed E-state index contributed by atoms with van der Waals surface area (Å²) in [6.45, 7) is 0.995. The number of fused-ring (bicyclic) bond motifs is 3. The number of hydrogen-bond acceptors (Lipinski definition) is 8. The molecule has 3 N–H and O–H groups in total. The van der Waals surface area contributed by atoms with Crippen LogP contribution in [-0.4, -0.2) is 77.5 Å². The third-order valence-corrected chi connectivity index (χ3v) is 7.53. The monoisotopic (exact) mass is 590 g/mol. The van der Waals surface area contributed by atoms with Gasteiger partial charge < -0.3 is 29.9 Å². The van der Waals surface area contributed by atoms with Crippen LogP contribution in [0.2, 0.25) is 10.0 Å². The highest BCUT2D eigenvalue weighted by atomic mass is 35.5. The lowest BCUT2D eigenvalue weighted by Crippen LogP contribution is -2.56. The van der Waals surface area contributed by atoms with Crippen LogP contribution < -0.4 is 14.8 Å². The number of ether oxygens (including phenoxy) is 2. The molecule has 0 aromatic heterocycles. The molecular weight excluding hydrogens is 563 g/mol. The smallest absolute Gasteiger partial charge is 0.290 e. The fourth-order valence-electron chi connectivity index (χ4n) is 5.02. The molecule has 1 heterocycles. The lowest BCUT2D eigenvalue weighted by molar-refractivity contribution is -0.148. The van der Waals surface area contributed by atoms with Crippen molar-refractivity contribution in [3.05, 3.63) is 68.7 Å². The van der Waals surface area contributed by atoms with Gasteiger partial charge in [-0.3, -0.25) is 19.2 Å². The number of benzene rings is 2. The number of amides is 2. The summed E-state index contributed by atoms with van der Waals surface area (Å²) in [4.78, 5) is 52.1. The first-order chi connectivity index (χ1) is 19.1. The third-order valence-electron chi connectivity index (χ3n) is 6.95. The molecule has 40 heavy (non-hydrogen) atoms. The van der Waals surface area contributed by atoms with Gasteiger partial charge in [0.25, 0.3) is 5.91 Å². The van der Waals surface area contributed by atoms with Gasteiger partial charge in [0.1, 0.15) is 18.5 Å². The van der Waals surface area contributed by atoms with E-state index in [1.54, 1.807) is 18.2 Å². The maximum absolute atomic E-state index is 13.4. The Labute approximate surface area is 240 Å². The average molecular weight is 591 g/mol. The van der Waals surface area contributed by atoms with Gasteiger partial charge in [-0.15, -0.1) is 0 Å². The third kappa shape index (κ3) is 5.57. The number of aliphatic hydroxyl groups excluding tert-OH is 2. The summed E-state index contributed by atoms with van der Waals surface area (Å²) in [7, 11) is 1.39. The Hall–Kier alpha value is -3.44. The van der Waals surface area contributed by atoms with Crippen molar-refractivity contribution in [2.24, 2.45) is 0 Å². The van der Waals surface area contributed by atoms with Gasteiger partial charge in [-0.1, -0.05) is 36.2 Å². The zero-order chi connectivity index (χ0) is 29.1. The van der Waals surface area contributed by atoms with Crippen molar-refractivity contribution in [3.63, 3.8) is 0 Å². The number of nitrogens with zero attached hydrogens (tertiary/aromatic N) is 1. The molecular formula is C28H28Cl2N2O8. The first-order valence-corrected chi connectivity index (χ1v) is 13.3. The van der Waals surface area contributed by atoms with Crippen LogP contribution in [0.5, 0.6) is 11.5 Å². The van der Waals surface area contributed by atoms with E-state index in [1.807, 2.05) is 0 Å². The van der Waals surface area contributed by atoms with Crippen molar-refractivity contribution in [1.82, 2.24) is 10.2 Å². The van der Waals surface area contributed by atoms with Crippen LogP contribution in [-0.2, 0) is 20.9 Å². The number of nitrogens with one attached hydrogen (secondary N) is 1. The zero-order valence-electron chi connectivity index (χ0n) is 21.7. The molecule has 0 spiro atoms. The van der Waals surface area contributed by atoms with E-state index >= 15 is 0 Å². The number of rotatable bonds is 10. The van der Waals surface area contributed by atoms with E-state index in [9.17, 15) is 29.4 Å². The summed E-state index contributed by atoms with van der Waals surface area (Å²) >= 11 is 12.4. The second kappa shape index (κ2) is 12.4. The Morgan fingerprint density at radius 1 is 1.20 bits per heavy atom. The van der Waals surface area contributed by atoms with Crippen LogP contribution in [0, 0.1) is 0 Å². The minimum atomic E-state index is -1.41. The molecule has 0 fully saturated rings. The lowest BCUT2D eigenvalue weighted by atomic mass is 9.77. The first kappa shape index (κ1) is 29.5. The number of halogens is 2. The van der Waals surface area contributed by atoms with Gasteiger partial charge in [-0.25, -0.2) is 0 Å². The van der Waals surface area contributed by atoms with E-state index in [0.29, 0.717) is 22.4 Å². The standard InChI is InChI=1S/C28H28Cl2N2O8/c1-3-21(35)28(38)32(12-15-4-5-16(29)10-19(15)30)20-11-18(27(37)31-6-7-33)23-17-8-14(13-34)9-22(39-2)25(17)40-26(23)24(20)36/h4-5,8-11,13,20,23-24,26,33,36H,3,6-7,12H2,1-2H3,(H,31,37)/t20-,23+,24+,26+/m1/s1. The second-order valence-corrected chi connectivity index (χ2v) is 10.2. The Bertz CT molecular complexity index is 1380. The van der Waals surface area contributed by atoms with Gasteiger partial charge in [0.15, 0.2) is 11.5 Å². The molecule has 2 aromatic carbocycles. The maximum atomic E-state index is 13.4. The number of methoxy groups -OCH3 is 1. The molecule has 212 valence electrons. The van der Waals surface area contributed by atoms with E-state index in [0.717, 1.165) is 4.90 Å². The molecule has 2 aliphatic rings. The lowest BCUT2D eigenvalue weighted by Gasteiger charge is -2.40. The zero-order valence-corrected chi connectivity index (χ0v) is 23.2. The van der Waals surface area contributed by atoms with Crippen LogP contribution in [0.25, 0.3) is 0 Å². The summed E-state index contributed by atoms with van der Waals surface area (Å²) in [5, 5.41) is 24.1. The molecule has 0 unspecified atom stereocenters. The Morgan fingerprint density at radius 3 is 2.58 bits per heavy atom. The summed E-state index contributed by atoms with van der Waals surface area (Å²) < 4.78 is 11.5. The fourth-order valence-corrected chi connectivity index (χ4v) is 5.48. The van der Waals surface area contributed by atoms with Gasteiger partial charge >= 0.3 is 0 Å². The van der Waals surface area contributed by atoms with Crippen LogP contribution in [0.15, 0.2) is 42.0 Å². The second-order valence-electron chi connectivity index (χ2n) is 9.35. The Balaban J connectivity index is 1.86. The molecule has 0 radical (unpaired) electrons. The molecule has 0 saturated heterocycles. The van der Waals surface area contributed by atoms with Crippen LogP contribution in [0.1, 0.15) is 40.7 Å². The van der Waals surface area contributed by atoms with Crippen LogP contribution in [0.3, 0.4) is 0 Å². The van der Waals surface area contributed by atoms with Crippen molar-refractivity contribution in [3.8, 4) is 11.5 Å². The van der Waals surface area contributed by atoms with E-state index in [4.69, 9.17) is 32.7 Å².